The number of benzene rings is 1. The monoisotopic (exact) mass is 346 g/mol. The molecule has 0 fully saturated rings. The molecule has 0 saturated heterocycles. The first-order valence-corrected chi connectivity index (χ1v) is 7.63. The molecule has 0 radical (unpaired) electrons. The van der Waals surface area contributed by atoms with Crippen molar-refractivity contribution < 1.29 is 4.39 Å². The van der Waals surface area contributed by atoms with Gasteiger partial charge in [-0.3, -0.25) is 4.98 Å². The van der Waals surface area contributed by atoms with Crippen LogP contribution < -0.4 is 5.32 Å². The van der Waals surface area contributed by atoms with Crippen molar-refractivity contribution in [2.24, 2.45) is 0 Å². The van der Waals surface area contributed by atoms with Crippen molar-refractivity contribution in [3.05, 3.63) is 62.6 Å². The van der Waals surface area contributed by atoms with E-state index in [0.717, 1.165) is 6.54 Å². The molecule has 2 rings (SSSR count). The molecule has 0 aliphatic heterocycles. The average Bonchev–Trinajstić information content (AvgIpc) is 2.42. The Kier molecular flexibility index (Phi) is 5.82. The molecule has 1 atom stereocenters. The first-order valence-electron chi connectivity index (χ1n) is 6.49. The third-order valence-electron chi connectivity index (χ3n) is 3.05. The van der Waals surface area contributed by atoms with E-state index in [1.54, 1.807) is 18.3 Å². The van der Waals surface area contributed by atoms with Crippen LogP contribution in [0.15, 0.2) is 30.5 Å². The average molecular weight is 348 g/mol. The third kappa shape index (κ3) is 4.30. The fourth-order valence-electron chi connectivity index (χ4n) is 2.11. The highest BCUT2D eigenvalue weighted by atomic mass is 35.5. The van der Waals surface area contributed by atoms with Gasteiger partial charge in [-0.15, -0.1) is 0 Å². The number of nitrogens with zero attached hydrogens (tertiary/aromatic N) is 1. The second kappa shape index (κ2) is 7.41. The van der Waals surface area contributed by atoms with Crippen molar-refractivity contribution in [1.82, 2.24) is 10.3 Å². The van der Waals surface area contributed by atoms with Gasteiger partial charge >= 0.3 is 0 Å². The van der Waals surface area contributed by atoms with E-state index in [1.807, 2.05) is 6.92 Å². The Morgan fingerprint density at radius 1 is 1.19 bits per heavy atom. The van der Waals surface area contributed by atoms with Gasteiger partial charge in [0.2, 0.25) is 0 Å². The summed E-state index contributed by atoms with van der Waals surface area (Å²) in [5.41, 5.74) is 1.37. The first kappa shape index (κ1) is 16.5. The molecular weight excluding hydrogens is 334 g/mol. The normalized spacial score (nSPS) is 12.4. The number of hydrogen-bond acceptors (Lipinski definition) is 2. The zero-order chi connectivity index (χ0) is 15.4. The lowest BCUT2D eigenvalue weighted by Crippen LogP contribution is -2.24. The molecule has 1 unspecified atom stereocenters. The number of halogens is 4. The largest absolute Gasteiger partial charge is 0.309 e. The molecule has 1 heterocycles. The second-order valence-electron chi connectivity index (χ2n) is 4.57. The van der Waals surface area contributed by atoms with Crippen LogP contribution in [-0.4, -0.2) is 11.5 Å². The van der Waals surface area contributed by atoms with Gasteiger partial charge in [-0.05, 0) is 42.8 Å². The zero-order valence-electron chi connectivity index (χ0n) is 11.3. The van der Waals surface area contributed by atoms with Crippen LogP contribution in [0.3, 0.4) is 0 Å². The number of pyridine rings is 1. The number of likely N-dealkylation sites (N-methyl/N-ethyl adjacent to an activating group) is 1. The molecule has 21 heavy (non-hydrogen) atoms. The minimum absolute atomic E-state index is 0.168. The van der Waals surface area contributed by atoms with Crippen LogP contribution in [0.4, 0.5) is 4.39 Å². The molecule has 0 amide bonds. The summed E-state index contributed by atoms with van der Waals surface area (Å²) < 4.78 is 13.4. The van der Waals surface area contributed by atoms with Crippen LogP contribution in [-0.2, 0) is 6.42 Å². The molecule has 0 aliphatic rings. The quantitative estimate of drug-likeness (QED) is 0.816. The highest BCUT2D eigenvalue weighted by Gasteiger charge is 2.18. The third-order valence-corrected chi connectivity index (χ3v) is 3.93. The minimum Gasteiger partial charge on any atom is -0.309 e. The summed E-state index contributed by atoms with van der Waals surface area (Å²) in [6.45, 7) is 2.70. The lowest BCUT2D eigenvalue weighted by molar-refractivity contribution is 0.534. The molecule has 6 heteroatoms. The Balaban J connectivity index is 2.32. The van der Waals surface area contributed by atoms with E-state index in [4.69, 9.17) is 34.8 Å². The molecule has 2 nitrogen and oxygen atoms in total. The Bertz CT molecular complexity index is 634. The van der Waals surface area contributed by atoms with Crippen molar-refractivity contribution in [3.63, 3.8) is 0 Å². The summed E-state index contributed by atoms with van der Waals surface area (Å²) in [7, 11) is 0. The Hall–Kier alpha value is -0.870. The molecule has 0 spiro atoms. The summed E-state index contributed by atoms with van der Waals surface area (Å²) in [5, 5.41) is 4.75. The molecule has 2 aromatic rings. The molecule has 112 valence electrons. The van der Waals surface area contributed by atoms with Gasteiger partial charge in [0, 0.05) is 11.2 Å². The molecule has 0 aliphatic carbocycles. The van der Waals surface area contributed by atoms with Crippen molar-refractivity contribution in [2.45, 2.75) is 19.4 Å². The molecule has 1 N–H and O–H groups in total. The highest BCUT2D eigenvalue weighted by Crippen LogP contribution is 2.28. The predicted octanol–water partition coefficient (Wildman–Crippen LogP) is 5.07. The van der Waals surface area contributed by atoms with Crippen molar-refractivity contribution in [2.75, 3.05) is 6.54 Å². The van der Waals surface area contributed by atoms with Crippen LogP contribution >= 0.6 is 34.8 Å². The van der Waals surface area contributed by atoms with E-state index in [2.05, 4.69) is 10.3 Å². The minimum atomic E-state index is -0.320. The summed E-state index contributed by atoms with van der Waals surface area (Å²) in [6.07, 6.45) is 2.03. The lowest BCUT2D eigenvalue weighted by atomic mass is 10.0. The Labute approximate surface area is 138 Å². The van der Waals surface area contributed by atoms with Gasteiger partial charge in [0.05, 0.1) is 21.8 Å². The topological polar surface area (TPSA) is 24.9 Å². The Morgan fingerprint density at radius 2 is 1.95 bits per heavy atom. The van der Waals surface area contributed by atoms with E-state index in [9.17, 15) is 4.39 Å². The van der Waals surface area contributed by atoms with Crippen LogP contribution in [0.5, 0.6) is 0 Å². The second-order valence-corrected chi connectivity index (χ2v) is 5.82. The van der Waals surface area contributed by atoms with Crippen molar-refractivity contribution in [3.8, 4) is 0 Å². The molecule has 0 bridgehead atoms. The van der Waals surface area contributed by atoms with E-state index in [-0.39, 0.29) is 11.9 Å². The number of rotatable bonds is 5. The Morgan fingerprint density at radius 3 is 2.62 bits per heavy atom. The fourth-order valence-corrected chi connectivity index (χ4v) is 2.82. The van der Waals surface area contributed by atoms with E-state index in [1.165, 1.54) is 12.1 Å². The standard InChI is InChI=1S/C15H14Cl3FN2/c1-2-20-14(15-13(18)7-10(16)8-21-15)6-9-5-11(19)3-4-12(9)17/h3-5,7-8,14,20H,2,6H2,1H3. The van der Waals surface area contributed by atoms with Crippen LogP contribution in [0.2, 0.25) is 15.1 Å². The predicted molar refractivity (Wildman–Crippen MR) is 85.8 cm³/mol. The van der Waals surface area contributed by atoms with Gasteiger partial charge in [-0.25, -0.2) is 4.39 Å². The van der Waals surface area contributed by atoms with Gasteiger partial charge in [0.1, 0.15) is 5.82 Å². The summed E-state index contributed by atoms with van der Waals surface area (Å²) in [6, 6.07) is 5.78. The molecular formula is C15H14Cl3FN2. The van der Waals surface area contributed by atoms with Gasteiger partial charge < -0.3 is 5.32 Å². The first-order chi connectivity index (χ1) is 10.0. The highest BCUT2D eigenvalue weighted by molar-refractivity contribution is 6.34. The zero-order valence-corrected chi connectivity index (χ0v) is 13.6. The molecule has 0 saturated carbocycles. The number of hydrogen-bond donors (Lipinski definition) is 1. The van der Waals surface area contributed by atoms with Gasteiger partial charge in [0.15, 0.2) is 0 Å². The van der Waals surface area contributed by atoms with Gasteiger partial charge in [-0.2, -0.15) is 0 Å². The van der Waals surface area contributed by atoms with Crippen LogP contribution in [0.25, 0.3) is 0 Å². The van der Waals surface area contributed by atoms with E-state index >= 15 is 0 Å². The number of aromatic nitrogens is 1. The van der Waals surface area contributed by atoms with Crippen LogP contribution in [0, 0.1) is 5.82 Å². The molecule has 1 aromatic carbocycles. The SMILES string of the molecule is CCNC(Cc1cc(F)ccc1Cl)c1ncc(Cl)cc1Cl. The maximum atomic E-state index is 13.4. The van der Waals surface area contributed by atoms with Crippen molar-refractivity contribution >= 4 is 34.8 Å². The maximum absolute atomic E-state index is 13.4. The van der Waals surface area contributed by atoms with Crippen LogP contribution in [0.1, 0.15) is 24.2 Å². The molecule has 1 aromatic heterocycles. The van der Waals surface area contributed by atoms with Crippen molar-refractivity contribution in [1.29, 1.82) is 0 Å². The smallest absolute Gasteiger partial charge is 0.123 e. The van der Waals surface area contributed by atoms with Gasteiger partial charge in [-0.1, -0.05) is 41.7 Å². The summed E-state index contributed by atoms with van der Waals surface area (Å²) in [5.74, 6) is -0.320. The van der Waals surface area contributed by atoms with E-state index < -0.39 is 0 Å². The maximum Gasteiger partial charge on any atom is 0.123 e. The van der Waals surface area contributed by atoms with Gasteiger partial charge in [0.25, 0.3) is 0 Å². The van der Waals surface area contributed by atoms with E-state index in [0.29, 0.717) is 32.7 Å². The lowest BCUT2D eigenvalue weighted by Gasteiger charge is -2.19. The fraction of sp³-hybridized carbons (Fsp3) is 0.267. The summed E-state index contributed by atoms with van der Waals surface area (Å²) in [4.78, 5) is 4.28. The summed E-state index contributed by atoms with van der Waals surface area (Å²) >= 11 is 18.2. The number of nitrogens with one attached hydrogen (secondary N) is 1.